The number of phosphoric acid groups is 1. The average molecular weight is 1080 g/mol. The minimum absolute atomic E-state index is 0.00898. The van der Waals surface area contributed by atoms with Gasteiger partial charge in [-0.15, -0.1) is 0 Å². The summed E-state index contributed by atoms with van der Waals surface area (Å²) in [5.74, 6) is -0.208. The maximum Gasteiger partial charge on any atom is 0.268 e. The molecule has 0 heterocycles. The monoisotopic (exact) mass is 1070 g/mol. The molecule has 3 atom stereocenters. The van der Waals surface area contributed by atoms with Crippen LogP contribution in [0.3, 0.4) is 0 Å². The minimum Gasteiger partial charge on any atom is -0.756 e. The van der Waals surface area contributed by atoms with Crippen LogP contribution < -0.4 is 10.2 Å². The first-order chi connectivity index (χ1) is 36.5. The molecule has 0 fully saturated rings. The van der Waals surface area contributed by atoms with E-state index < -0.39 is 26.6 Å². The smallest absolute Gasteiger partial charge is 0.268 e. The molecule has 0 saturated carbocycles. The lowest BCUT2D eigenvalue weighted by Crippen LogP contribution is -2.45. The summed E-state index contributed by atoms with van der Waals surface area (Å²) in [7, 11) is 1.24. The van der Waals surface area contributed by atoms with Gasteiger partial charge in [0.1, 0.15) is 13.2 Å². The molecular weight excluding hydrogens is 948 g/mol. The first-order valence-corrected chi connectivity index (χ1v) is 34.0. The summed E-state index contributed by atoms with van der Waals surface area (Å²) in [5, 5.41) is 13.9. The zero-order chi connectivity index (χ0) is 54.9. The van der Waals surface area contributed by atoms with Crippen molar-refractivity contribution in [3.05, 3.63) is 48.6 Å². The van der Waals surface area contributed by atoms with Crippen molar-refractivity contribution in [3.8, 4) is 0 Å². The fourth-order valence-corrected chi connectivity index (χ4v) is 10.4. The number of nitrogens with zero attached hydrogens (tertiary/aromatic N) is 1. The number of hydrogen-bond donors (Lipinski definition) is 2. The first-order valence-electron chi connectivity index (χ1n) is 32.5. The fraction of sp³-hybridized carbons (Fsp3) is 0.864. The summed E-state index contributed by atoms with van der Waals surface area (Å²) in [6, 6.07) is -0.912. The molecule has 0 aliphatic rings. The van der Waals surface area contributed by atoms with E-state index >= 15 is 0 Å². The van der Waals surface area contributed by atoms with E-state index in [1.807, 2.05) is 27.2 Å². The maximum atomic E-state index is 13.0. The Morgan fingerprint density at radius 3 is 1.08 bits per heavy atom. The van der Waals surface area contributed by atoms with E-state index in [0.29, 0.717) is 17.4 Å². The summed E-state index contributed by atoms with van der Waals surface area (Å²) in [4.78, 5) is 25.6. The normalized spacial score (nSPS) is 14.1. The number of hydrogen-bond acceptors (Lipinski definition) is 6. The van der Waals surface area contributed by atoms with Crippen molar-refractivity contribution in [2.75, 3.05) is 40.9 Å². The van der Waals surface area contributed by atoms with E-state index in [1.54, 1.807) is 6.08 Å². The van der Waals surface area contributed by atoms with Crippen molar-refractivity contribution in [3.63, 3.8) is 0 Å². The number of quaternary nitrogens is 1. The van der Waals surface area contributed by atoms with E-state index in [9.17, 15) is 19.4 Å². The average Bonchev–Trinajstić information content (AvgIpc) is 3.37. The molecule has 0 rings (SSSR count). The van der Waals surface area contributed by atoms with Gasteiger partial charge >= 0.3 is 0 Å². The standard InChI is InChI=1S/C66H127N2O6P/c1-6-8-10-12-14-16-18-20-22-24-26-28-30-32-33-34-36-38-40-42-44-46-48-50-52-54-56-58-60-66(70)67-64(63-74-75(71,72)73-62-61-68(3,4)5)65(69)59-57-55-53-51-49-47-45-43-41-39-37-35-31-29-27-25-23-21-19-17-15-13-11-9-7-2/h32-33,41,43,49,51,57,59,64-65,69H,6-31,34-40,42,44-48,50,52-56,58,60-63H2,1-5H3,(H-,67,70,71,72)/b33-32-,43-41+,51-49+,59-57+. The number of phosphoric ester groups is 1. The number of carbonyl (C=O) groups is 1. The van der Waals surface area contributed by atoms with Gasteiger partial charge in [0.25, 0.3) is 7.82 Å². The zero-order valence-electron chi connectivity index (χ0n) is 50.5. The van der Waals surface area contributed by atoms with E-state index in [0.717, 1.165) is 44.9 Å². The Balaban J connectivity index is 4.18. The molecule has 0 saturated heterocycles. The van der Waals surface area contributed by atoms with Crippen LogP contribution in [0, 0.1) is 0 Å². The van der Waals surface area contributed by atoms with Gasteiger partial charge in [-0.1, -0.05) is 287 Å². The quantitative estimate of drug-likeness (QED) is 0.0272. The summed E-state index contributed by atoms with van der Waals surface area (Å²) in [5.41, 5.74) is 0. The summed E-state index contributed by atoms with van der Waals surface area (Å²) >= 11 is 0. The molecule has 2 N–H and O–H groups in total. The van der Waals surface area contributed by atoms with Crippen LogP contribution in [-0.4, -0.2) is 68.5 Å². The van der Waals surface area contributed by atoms with Crippen molar-refractivity contribution in [1.82, 2.24) is 5.32 Å². The Hall–Kier alpha value is -1.54. The first kappa shape index (κ1) is 73.5. The zero-order valence-corrected chi connectivity index (χ0v) is 51.4. The van der Waals surface area contributed by atoms with Crippen LogP contribution >= 0.6 is 7.82 Å². The Bertz CT molecular complexity index is 1360. The molecule has 1 amide bonds. The van der Waals surface area contributed by atoms with Gasteiger partial charge in [0.2, 0.25) is 5.91 Å². The predicted octanol–water partition coefficient (Wildman–Crippen LogP) is 19.6. The summed E-state index contributed by atoms with van der Waals surface area (Å²) in [6.07, 6.45) is 76.5. The highest BCUT2D eigenvalue weighted by Crippen LogP contribution is 2.38. The van der Waals surface area contributed by atoms with E-state index in [4.69, 9.17) is 9.05 Å². The summed E-state index contributed by atoms with van der Waals surface area (Å²) in [6.45, 7) is 4.66. The predicted molar refractivity (Wildman–Crippen MR) is 325 cm³/mol. The molecule has 0 aromatic carbocycles. The van der Waals surface area contributed by atoms with E-state index in [1.165, 1.54) is 250 Å². The topological polar surface area (TPSA) is 108 Å². The lowest BCUT2D eigenvalue weighted by molar-refractivity contribution is -0.870. The van der Waals surface area contributed by atoms with Crippen molar-refractivity contribution in [1.29, 1.82) is 0 Å². The second-order valence-electron chi connectivity index (χ2n) is 23.4. The van der Waals surface area contributed by atoms with Gasteiger partial charge in [0, 0.05) is 6.42 Å². The van der Waals surface area contributed by atoms with Gasteiger partial charge in [0.15, 0.2) is 0 Å². The van der Waals surface area contributed by atoms with Crippen LogP contribution in [0.4, 0.5) is 0 Å². The number of nitrogens with one attached hydrogen (secondary N) is 1. The Labute approximate surface area is 467 Å². The van der Waals surface area contributed by atoms with Gasteiger partial charge in [-0.3, -0.25) is 9.36 Å². The van der Waals surface area contributed by atoms with Gasteiger partial charge in [0.05, 0.1) is 39.9 Å². The third kappa shape index (κ3) is 60.0. The molecule has 0 aliphatic carbocycles. The van der Waals surface area contributed by atoms with E-state index in [2.05, 4.69) is 55.6 Å². The second-order valence-corrected chi connectivity index (χ2v) is 24.9. The van der Waals surface area contributed by atoms with Crippen LogP contribution in [-0.2, 0) is 18.4 Å². The van der Waals surface area contributed by atoms with Crippen molar-refractivity contribution in [2.24, 2.45) is 0 Å². The molecule has 0 spiro atoms. The molecule has 0 aromatic rings. The number of carbonyl (C=O) groups excluding carboxylic acids is 1. The van der Waals surface area contributed by atoms with Crippen LogP contribution in [0.25, 0.3) is 0 Å². The Morgan fingerprint density at radius 2 is 0.747 bits per heavy atom. The number of likely N-dealkylation sites (N-methyl/N-ethyl adjacent to an activating group) is 1. The molecule has 0 bridgehead atoms. The Morgan fingerprint density at radius 1 is 0.453 bits per heavy atom. The van der Waals surface area contributed by atoms with Crippen molar-refractivity contribution in [2.45, 2.75) is 328 Å². The summed E-state index contributed by atoms with van der Waals surface area (Å²) < 4.78 is 23.4. The number of allylic oxidation sites excluding steroid dienone is 7. The van der Waals surface area contributed by atoms with Gasteiger partial charge < -0.3 is 28.8 Å². The number of aliphatic hydroxyl groups is 1. The van der Waals surface area contributed by atoms with Crippen LogP contribution in [0.5, 0.6) is 0 Å². The molecule has 75 heavy (non-hydrogen) atoms. The second kappa shape index (κ2) is 57.2. The Kier molecular flexibility index (Phi) is 56.0. The molecule has 0 aromatic heterocycles. The molecule has 442 valence electrons. The fourth-order valence-electron chi connectivity index (χ4n) is 9.65. The van der Waals surface area contributed by atoms with Gasteiger partial charge in [-0.05, 0) is 70.6 Å². The third-order valence-corrected chi connectivity index (χ3v) is 15.7. The van der Waals surface area contributed by atoms with Crippen LogP contribution in [0.2, 0.25) is 0 Å². The lowest BCUT2D eigenvalue weighted by atomic mass is 10.0. The highest BCUT2D eigenvalue weighted by atomic mass is 31.2. The highest BCUT2D eigenvalue weighted by molar-refractivity contribution is 7.45. The maximum absolute atomic E-state index is 13.0. The molecule has 9 heteroatoms. The molecule has 3 unspecified atom stereocenters. The molecule has 0 radical (unpaired) electrons. The largest absolute Gasteiger partial charge is 0.756 e. The number of unbranched alkanes of at least 4 members (excludes halogenated alkanes) is 41. The van der Waals surface area contributed by atoms with Crippen LogP contribution in [0.15, 0.2) is 48.6 Å². The molecular formula is C66H127N2O6P. The van der Waals surface area contributed by atoms with Crippen molar-refractivity contribution >= 4 is 13.7 Å². The van der Waals surface area contributed by atoms with Gasteiger partial charge in [-0.25, -0.2) is 0 Å². The number of aliphatic hydroxyl groups excluding tert-OH is 1. The highest BCUT2D eigenvalue weighted by Gasteiger charge is 2.23. The third-order valence-electron chi connectivity index (χ3n) is 14.7. The number of rotatable bonds is 60. The van der Waals surface area contributed by atoms with Crippen LogP contribution in [0.1, 0.15) is 316 Å². The minimum atomic E-state index is -4.61. The lowest BCUT2D eigenvalue weighted by Gasteiger charge is -2.29. The molecule has 8 nitrogen and oxygen atoms in total. The van der Waals surface area contributed by atoms with E-state index in [-0.39, 0.29) is 12.5 Å². The SMILES string of the molecule is CCCCCCCCCCCCCC/C=C\CCCCCCCCCCCCCCC(=O)NC(COP(=O)([O-])OCC[N+](C)(C)C)C(O)/C=C/CC/C=C/CC/C=C/CCCCCCCCCCCCCCCCC. The molecule has 0 aliphatic heterocycles. The number of amides is 1. The van der Waals surface area contributed by atoms with Crippen molar-refractivity contribution < 1.29 is 32.9 Å². The van der Waals surface area contributed by atoms with Gasteiger partial charge in [-0.2, -0.15) is 0 Å².